The van der Waals surface area contributed by atoms with Gasteiger partial charge in [-0.3, -0.25) is 0 Å². The largest absolute Gasteiger partial charge is 0.393 e. The summed E-state index contributed by atoms with van der Waals surface area (Å²) in [5.41, 5.74) is 0. The van der Waals surface area contributed by atoms with Crippen molar-refractivity contribution >= 4 is 0 Å². The van der Waals surface area contributed by atoms with Gasteiger partial charge in [0.05, 0.1) is 6.10 Å². The number of aliphatic hydroxyl groups is 1. The third kappa shape index (κ3) is 3.14. The number of aliphatic hydroxyl groups excluding tert-OH is 1. The van der Waals surface area contributed by atoms with E-state index in [1.54, 1.807) is 0 Å². The first-order valence-corrected chi connectivity index (χ1v) is 5.22. The Morgan fingerprint density at radius 2 is 1.42 bits per heavy atom. The van der Waals surface area contributed by atoms with E-state index in [1.165, 1.54) is 6.42 Å². The van der Waals surface area contributed by atoms with Gasteiger partial charge in [0, 0.05) is 0 Å². The molecule has 0 aliphatic rings. The first kappa shape index (κ1) is 12.0. The summed E-state index contributed by atoms with van der Waals surface area (Å²) in [5, 5.41) is 9.64. The van der Waals surface area contributed by atoms with Crippen LogP contribution in [0, 0.1) is 17.8 Å². The second-order valence-corrected chi connectivity index (χ2v) is 4.08. The van der Waals surface area contributed by atoms with Gasteiger partial charge in [-0.2, -0.15) is 0 Å². The zero-order valence-electron chi connectivity index (χ0n) is 9.17. The normalized spacial score (nSPS) is 21.5. The summed E-state index contributed by atoms with van der Waals surface area (Å²) in [6.07, 6.45) is 1.97. The molecular formula is C11H24O. The lowest BCUT2D eigenvalue weighted by Gasteiger charge is -2.28. The van der Waals surface area contributed by atoms with Crippen LogP contribution in [0.4, 0.5) is 0 Å². The maximum Gasteiger partial charge on any atom is 0.0565 e. The van der Waals surface area contributed by atoms with E-state index >= 15 is 0 Å². The maximum absolute atomic E-state index is 9.64. The van der Waals surface area contributed by atoms with Crippen molar-refractivity contribution in [2.24, 2.45) is 17.8 Å². The molecule has 1 N–H and O–H groups in total. The van der Waals surface area contributed by atoms with Crippen molar-refractivity contribution in [3.8, 4) is 0 Å². The Hall–Kier alpha value is -0.0400. The van der Waals surface area contributed by atoms with Crippen LogP contribution in [0.2, 0.25) is 0 Å². The molecule has 1 nitrogen and oxygen atoms in total. The minimum Gasteiger partial charge on any atom is -0.393 e. The Kier molecular flexibility index (Phi) is 5.56. The molecule has 0 aliphatic heterocycles. The Balaban J connectivity index is 3.99. The van der Waals surface area contributed by atoms with E-state index in [2.05, 4.69) is 27.7 Å². The molecule has 0 aliphatic carbocycles. The van der Waals surface area contributed by atoms with Gasteiger partial charge in [-0.1, -0.05) is 41.0 Å². The summed E-state index contributed by atoms with van der Waals surface area (Å²) >= 11 is 0. The van der Waals surface area contributed by atoms with Crippen molar-refractivity contribution < 1.29 is 5.11 Å². The summed E-state index contributed by atoms with van der Waals surface area (Å²) in [4.78, 5) is 0. The van der Waals surface area contributed by atoms with Gasteiger partial charge < -0.3 is 5.11 Å². The van der Waals surface area contributed by atoms with Crippen molar-refractivity contribution in [3.05, 3.63) is 0 Å². The van der Waals surface area contributed by atoms with Gasteiger partial charge in [0.1, 0.15) is 0 Å². The van der Waals surface area contributed by atoms with Gasteiger partial charge in [-0.15, -0.1) is 0 Å². The molecule has 74 valence electrons. The lowest BCUT2D eigenvalue weighted by molar-refractivity contribution is 0.0666. The Bertz CT molecular complexity index is 97.6. The van der Waals surface area contributed by atoms with Gasteiger partial charge in [0.15, 0.2) is 0 Å². The summed E-state index contributed by atoms with van der Waals surface area (Å²) in [5.74, 6) is 1.79. The van der Waals surface area contributed by atoms with E-state index in [1.807, 2.05) is 6.92 Å². The summed E-state index contributed by atoms with van der Waals surface area (Å²) < 4.78 is 0. The zero-order valence-corrected chi connectivity index (χ0v) is 9.17. The predicted octanol–water partition coefficient (Wildman–Crippen LogP) is 3.08. The molecule has 4 unspecified atom stereocenters. The summed E-state index contributed by atoms with van der Waals surface area (Å²) in [6.45, 7) is 10.9. The molecule has 12 heavy (non-hydrogen) atoms. The lowest BCUT2D eigenvalue weighted by Crippen LogP contribution is -2.26. The van der Waals surface area contributed by atoms with Crippen LogP contribution in [0.25, 0.3) is 0 Å². The highest BCUT2D eigenvalue weighted by Crippen LogP contribution is 2.26. The zero-order chi connectivity index (χ0) is 9.72. The Morgan fingerprint density at radius 3 is 1.75 bits per heavy atom. The number of hydrogen-bond acceptors (Lipinski definition) is 1. The number of hydrogen-bond donors (Lipinski definition) is 1. The molecule has 0 radical (unpaired) electrons. The fourth-order valence-electron chi connectivity index (χ4n) is 1.61. The molecule has 0 spiro atoms. The van der Waals surface area contributed by atoms with Crippen molar-refractivity contribution in [1.82, 2.24) is 0 Å². The van der Waals surface area contributed by atoms with Gasteiger partial charge in [0.25, 0.3) is 0 Å². The number of rotatable bonds is 5. The first-order chi connectivity index (χ1) is 5.54. The average Bonchev–Trinajstić information content (AvgIpc) is 2.12. The standard InChI is InChI=1S/C11H24O/c1-6-8(3)9(4)10(5)11(12)7-2/h8-12H,6-7H2,1-5H3. The first-order valence-electron chi connectivity index (χ1n) is 5.22. The monoisotopic (exact) mass is 172 g/mol. The quantitative estimate of drug-likeness (QED) is 0.675. The van der Waals surface area contributed by atoms with E-state index in [0.29, 0.717) is 11.8 Å². The van der Waals surface area contributed by atoms with Crippen molar-refractivity contribution in [2.45, 2.75) is 53.6 Å². The van der Waals surface area contributed by atoms with Crippen LogP contribution in [0.5, 0.6) is 0 Å². The highest BCUT2D eigenvalue weighted by molar-refractivity contribution is 4.72. The van der Waals surface area contributed by atoms with E-state index in [9.17, 15) is 5.11 Å². The van der Waals surface area contributed by atoms with E-state index < -0.39 is 0 Å². The summed E-state index contributed by atoms with van der Waals surface area (Å²) in [6, 6.07) is 0. The third-order valence-corrected chi connectivity index (χ3v) is 3.40. The van der Waals surface area contributed by atoms with Crippen LogP contribution in [0.3, 0.4) is 0 Å². The lowest BCUT2D eigenvalue weighted by atomic mass is 9.80. The van der Waals surface area contributed by atoms with Crippen molar-refractivity contribution in [1.29, 1.82) is 0 Å². The molecule has 1 heteroatoms. The SMILES string of the molecule is CCC(C)C(C)C(C)C(O)CC. The molecule has 0 fully saturated rings. The summed E-state index contributed by atoms with van der Waals surface area (Å²) in [7, 11) is 0. The van der Waals surface area contributed by atoms with Crippen LogP contribution in [-0.4, -0.2) is 11.2 Å². The minimum atomic E-state index is -0.117. The van der Waals surface area contributed by atoms with Crippen LogP contribution >= 0.6 is 0 Å². The van der Waals surface area contributed by atoms with Crippen LogP contribution in [-0.2, 0) is 0 Å². The maximum atomic E-state index is 9.64. The van der Waals surface area contributed by atoms with Crippen LogP contribution in [0.1, 0.15) is 47.5 Å². The fraction of sp³-hybridized carbons (Fsp3) is 1.00. The molecule has 0 rings (SSSR count). The van der Waals surface area contributed by atoms with E-state index in [-0.39, 0.29) is 6.10 Å². The van der Waals surface area contributed by atoms with Gasteiger partial charge >= 0.3 is 0 Å². The fourth-order valence-corrected chi connectivity index (χ4v) is 1.61. The highest BCUT2D eigenvalue weighted by Gasteiger charge is 2.22. The Morgan fingerprint density at radius 1 is 0.917 bits per heavy atom. The molecule has 0 saturated heterocycles. The van der Waals surface area contributed by atoms with Gasteiger partial charge in [-0.05, 0) is 24.2 Å². The molecule has 0 heterocycles. The Labute approximate surface area is 77.2 Å². The molecular weight excluding hydrogens is 148 g/mol. The predicted molar refractivity (Wildman–Crippen MR) is 54.1 cm³/mol. The van der Waals surface area contributed by atoms with Crippen LogP contribution < -0.4 is 0 Å². The highest BCUT2D eigenvalue weighted by atomic mass is 16.3. The molecule has 0 bridgehead atoms. The minimum absolute atomic E-state index is 0.117. The molecule has 0 amide bonds. The van der Waals surface area contributed by atoms with Crippen LogP contribution in [0.15, 0.2) is 0 Å². The topological polar surface area (TPSA) is 20.2 Å². The second-order valence-electron chi connectivity index (χ2n) is 4.08. The molecule has 0 saturated carbocycles. The third-order valence-electron chi connectivity index (χ3n) is 3.40. The molecule has 0 aromatic rings. The smallest absolute Gasteiger partial charge is 0.0565 e. The molecule has 0 aromatic heterocycles. The van der Waals surface area contributed by atoms with Gasteiger partial charge in [-0.25, -0.2) is 0 Å². The van der Waals surface area contributed by atoms with E-state index in [0.717, 1.165) is 12.3 Å². The van der Waals surface area contributed by atoms with E-state index in [4.69, 9.17) is 0 Å². The molecule has 4 atom stereocenters. The van der Waals surface area contributed by atoms with Crippen molar-refractivity contribution in [3.63, 3.8) is 0 Å². The average molecular weight is 172 g/mol. The van der Waals surface area contributed by atoms with Crippen molar-refractivity contribution in [2.75, 3.05) is 0 Å². The molecule has 0 aromatic carbocycles. The second kappa shape index (κ2) is 5.58. The van der Waals surface area contributed by atoms with Gasteiger partial charge in [0.2, 0.25) is 0 Å².